The van der Waals surface area contributed by atoms with Gasteiger partial charge in [-0.2, -0.15) is 13.2 Å². The summed E-state index contributed by atoms with van der Waals surface area (Å²) in [5.41, 5.74) is 0. The van der Waals surface area contributed by atoms with Crippen LogP contribution in [0, 0.1) is 0 Å². The Balaban J connectivity index is 0. The quantitative estimate of drug-likeness (QED) is 0.223. The van der Waals surface area contributed by atoms with Gasteiger partial charge in [0.15, 0.2) is 5.96 Å². The number of guanidine groups is 1. The van der Waals surface area contributed by atoms with Crippen molar-refractivity contribution in [3.8, 4) is 0 Å². The predicted octanol–water partition coefficient (Wildman–Crippen LogP) is 2.00. The minimum Gasteiger partial charge on any atom is -0.381 e. The molecule has 144 valence electrons. The Labute approximate surface area is 158 Å². The van der Waals surface area contributed by atoms with Crippen LogP contribution in [-0.4, -0.2) is 69.9 Å². The van der Waals surface area contributed by atoms with E-state index < -0.39 is 18.6 Å². The maximum Gasteiger partial charge on any atom is 0.406 e. The molecule has 0 saturated heterocycles. The van der Waals surface area contributed by atoms with E-state index in [0.29, 0.717) is 24.0 Å². The molecule has 0 aromatic heterocycles. The molecule has 0 fully saturated rings. The van der Waals surface area contributed by atoms with E-state index in [0.717, 1.165) is 32.9 Å². The summed E-state index contributed by atoms with van der Waals surface area (Å²) in [5.74, 6) is -0.291. The van der Waals surface area contributed by atoms with Crippen molar-refractivity contribution >= 4 is 35.8 Å². The van der Waals surface area contributed by atoms with Crippen LogP contribution < -0.4 is 10.6 Å². The number of carbonyl (C=O) groups excluding carboxylic acids is 1. The van der Waals surface area contributed by atoms with Crippen LogP contribution in [0.1, 0.15) is 26.2 Å². The first kappa shape index (κ1) is 25.5. The highest BCUT2D eigenvalue weighted by atomic mass is 127. The van der Waals surface area contributed by atoms with Gasteiger partial charge < -0.3 is 20.3 Å². The van der Waals surface area contributed by atoms with E-state index in [4.69, 9.17) is 4.74 Å². The number of carbonyl (C=O) groups is 1. The molecule has 1 amide bonds. The SMILES string of the molecule is CCCCOCCCNC(=NC)NCC(=O)N(C)CC(F)(F)F.I. The van der Waals surface area contributed by atoms with E-state index in [2.05, 4.69) is 22.5 Å². The van der Waals surface area contributed by atoms with Crippen LogP contribution in [-0.2, 0) is 9.53 Å². The van der Waals surface area contributed by atoms with Gasteiger partial charge in [0.25, 0.3) is 0 Å². The highest BCUT2D eigenvalue weighted by Gasteiger charge is 2.31. The number of halogens is 4. The second-order valence-corrected chi connectivity index (χ2v) is 5.04. The molecule has 0 aromatic carbocycles. The van der Waals surface area contributed by atoms with Gasteiger partial charge in [-0.3, -0.25) is 9.79 Å². The van der Waals surface area contributed by atoms with Gasteiger partial charge in [0.2, 0.25) is 5.91 Å². The number of aliphatic imine (C=N–C) groups is 1. The molecule has 6 nitrogen and oxygen atoms in total. The van der Waals surface area contributed by atoms with Crippen LogP contribution in [0.2, 0.25) is 0 Å². The summed E-state index contributed by atoms with van der Waals surface area (Å²) in [6, 6.07) is 0. The summed E-state index contributed by atoms with van der Waals surface area (Å²) in [4.78, 5) is 16.1. The molecule has 0 aliphatic heterocycles. The topological polar surface area (TPSA) is 66.0 Å². The summed E-state index contributed by atoms with van der Waals surface area (Å²) in [6.07, 6.45) is -1.51. The maximum atomic E-state index is 12.2. The fourth-order valence-corrected chi connectivity index (χ4v) is 1.60. The van der Waals surface area contributed by atoms with Gasteiger partial charge >= 0.3 is 6.18 Å². The number of nitrogens with one attached hydrogen (secondary N) is 2. The highest BCUT2D eigenvalue weighted by molar-refractivity contribution is 14.0. The summed E-state index contributed by atoms with van der Waals surface area (Å²) >= 11 is 0. The molecule has 0 bridgehead atoms. The molecule has 0 spiro atoms. The second-order valence-electron chi connectivity index (χ2n) is 5.04. The minimum atomic E-state index is -4.40. The van der Waals surface area contributed by atoms with E-state index in [-0.39, 0.29) is 30.5 Å². The van der Waals surface area contributed by atoms with Crippen molar-refractivity contribution in [1.29, 1.82) is 0 Å². The van der Waals surface area contributed by atoms with Crippen molar-refractivity contribution in [3.63, 3.8) is 0 Å². The molecule has 0 aliphatic carbocycles. The van der Waals surface area contributed by atoms with Gasteiger partial charge in [-0.25, -0.2) is 0 Å². The van der Waals surface area contributed by atoms with E-state index in [9.17, 15) is 18.0 Å². The minimum absolute atomic E-state index is 0. The Morgan fingerprint density at radius 1 is 1.21 bits per heavy atom. The Hall–Kier alpha value is -0.780. The third kappa shape index (κ3) is 14.8. The average Bonchev–Trinajstić information content (AvgIpc) is 2.47. The zero-order chi connectivity index (χ0) is 17.7. The van der Waals surface area contributed by atoms with E-state index in [1.54, 1.807) is 0 Å². The van der Waals surface area contributed by atoms with Gasteiger partial charge in [0.05, 0.1) is 6.54 Å². The first-order valence-electron chi connectivity index (χ1n) is 7.63. The summed E-state index contributed by atoms with van der Waals surface area (Å²) < 4.78 is 42.0. The predicted molar refractivity (Wildman–Crippen MR) is 98.8 cm³/mol. The van der Waals surface area contributed by atoms with Crippen LogP contribution >= 0.6 is 24.0 Å². The Kier molecular flexibility index (Phi) is 15.4. The molecule has 0 saturated carbocycles. The smallest absolute Gasteiger partial charge is 0.381 e. The van der Waals surface area contributed by atoms with Crippen molar-refractivity contribution in [2.24, 2.45) is 4.99 Å². The summed E-state index contributed by atoms with van der Waals surface area (Å²) in [6.45, 7) is 2.53. The molecular weight excluding hydrogens is 440 g/mol. The number of hydrogen-bond donors (Lipinski definition) is 2. The number of alkyl halides is 3. The molecular formula is C14H28F3IN4O2. The van der Waals surface area contributed by atoms with Gasteiger partial charge in [-0.1, -0.05) is 13.3 Å². The van der Waals surface area contributed by atoms with Gasteiger partial charge in [0, 0.05) is 33.9 Å². The Bertz CT molecular complexity index is 368. The highest BCUT2D eigenvalue weighted by Crippen LogP contribution is 2.15. The molecule has 0 unspecified atom stereocenters. The summed E-state index contributed by atoms with van der Waals surface area (Å²) in [7, 11) is 2.64. The van der Waals surface area contributed by atoms with Crippen molar-refractivity contribution in [3.05, 3.63) is 0 Å². The van der Waals surface area contributed by atoms with Crippen molar-refractivity contribution < 1.29 is 22.7 Å². The molecule has 0 radical (unpaired) electrons. The molecule has 0 atom stereocenters. The number of amides is 1. The first-order valence-corrected chi connectivity index (χ1v) is 7.63. The van der Waals surface area contributed by atoms with Crippen molar-refractivity contribution in [1.82, 2.24) is 15.5 Å². The van der Waals surface area contributed by atoms with E-state index in [1.165, 1.54) is 7.05 Å². The van der Waals surface area contributed by atoms with Gasteiger partial charge in [0.1, 0.15) is 6.54 Å². The standard InChI is InChI=1S/C14H27F3N4O2.HI/c1-4-5-8-23-9-6-7-19-13(18-2)20-10-12(22)21(3)11-14(15,16)17;/h4-11H2,1-3H3,(H2,18,19,20);1H. The number of nitrogens with zero attached hydrogens (tertiary/aromatic N) is 2. The Morgan fingerprint density at radius 3 is 2.38 bits per heavy atom. The zero-order valence-corrected chi connectivity index (χ0v) is 16.7. The lowest BCUT2D eigenvalue weighted by Gasteiger charge is -2.20. The number of ether oxygens (including phenoxy) is 1. The number of likely N-dealkylation sites (N-methyl/N-ethyl adjacent to an activating group) is 1. The molecule has 0 aromatic rings. The van der Waals surface area contributed by atoms with E-state index >= 15 is 0 Å². The Morgan fingerprint density at radius 2 is 1.83 bits per heavy atom. The van der Waals surface area contributed by atoms with Crippen LogP contribution in [0.25, 0.3) is 0 Å². The average molecular weight is 468 g/mol. The lowest BCUT2D eigenvalue weighted by molar-refractivity contribution is -0.157. The summed E-state index contributed by atoms with van der Waals surface area (Å²) in [5, 5.41) is 5.66. The normalized spacial score (nSPS) is 11.7. The monoisotopic (exact) mass is 468 g/mol. The van der Waals surface area contributed by atoms with E-state index in [1.807, 2.05) is 0 Å². The van der Waals surface area contributed by atoms with Crippen LogP contribution in [0.4, 0.5) is 13.2 Å². The molecule has 0 aliphatic rings. The van der Waals surface area contributed by atoms with Crippen LogP contribution in [0.3, 0.4) is 0 Å². The molecule has 2 N–H and O–H groups in total. The lowest BCUT2D eigenvalue weighted by Crippen LogP contribution is -2.45. The van der Waals surface area contributed by atoms with Gasteiger partial charge in [-0.05, 0) is 12.8 Å². The number of hydrogen-bond acceptors (Lipinski definition) is 3. The van der Waals surface area contributed by atoms with Gasteiger partial charge in [-0.15, -0.1) is 24.0 Å². The molecule has 0 rings (SSSR count). The van der Waals surface area contributed by atoms with Crippen molar-refractivity contribution in [2.75, 3.05) is 46.9 Å². The molecule has 24 heavy (non-hydrogen) atoms. The maximum absolute atomic E-state index is 12.2. The fourth-order valence-electron chi connectivity index (χ4n) is 1.60. The number of rotatable bonds is 10. The second kappa shape index (κ2) is 14.6. The van der Waals surface area contributed by atoms with Crippen molar-refractivity contribution in [2.45, 2.75) is 32.4 Å². The number of unbranched alkanes of at least 4 members (excludes halogenated alkanes) is 1. The largest absolute Gasteiger partial charge is 0.406 e. The lowest BCUT2D eigenvalue weighted by atomic mass is 10.4. The van der Waals surface area contributed by atoms with Crippen LogP contribution in [0.5, 0.6) is 0 Å². The zero-order valence-electron chi connectivity index (χ0n) is 14.4. The fraction of sp³-hybridized carbons (Fsp3) is 0.857. The first-order chi connectivity index (χ1) is 10.8. The third-order valence-corrected chi connectivity index (χ3v) is 2.87. The molecule has 10 heteroatoms. The molecule has 0 heterocycles. The van der Waals surface area contributed by atoms with Crippen LogP contribution in [0.15, 0.2) is 4.99 Å². The third-order valence-electron chi connectivity index (χ3n) is 2.87.